The first-order valence-electron chi connectivity index (χ1n) is 5.80. The smallest absolute Gasteiger partial charge is 0.406 e. The summed E-state index contributed by atoms with van der Waals surface area (Å²) in [7, 11) is 0. The number of hydrogen-bond acceptors (Lipinski definition) is 3. The number of nitrogens with one attached hydrogen (secondary N) is 3. The van der Waals surface area contributed by atoms with Crippen LogP contribution in [0, 0.1) is 0 Å². The van der Waals surface area contributed by atoms with Crippen LogP contribution in [-0.4, -0.2) is 22.4 Å². The Balaban J connectivity index is 1.83. The molecule has 0 unspecified atom stereocenters. The van der Waals surface area contributed by atoms with Crippen molar-refractivity contribution >= 4 is 11.7 Å². The lowest BCUT2D eigenvalue weighted by Gasteiger charge is -2.10. The second-order valence-electron chi connectivity index (χ2n) is 3.96. The molecule has 2 amide bonds. The van der Waals surface area contributed by atoms with Gasteiger partial charge >= 0.3 is 12.4 Å². The van der Waals surface area contributed by atoms with Crippen LogP contribution in [0.1, 0.15) is 5.69 Å². The Labute approximate surface area is 117 Å². The van der Waals surface area contributed by atoms with E-state index in [1.165, 1.54) is 18.5 Å². The van der Waals surface area contributed by atoms with Gasteiger partial charge in [0.15, 0.2) is 0 Å². The fraction of sp³-hybridized carbons (Fsp3) is 0.167. The molecule has 0 saturated heterocycles. The highest BCUT2D eigenvalue weighted by Gasteiger charge is 2.30. The number of carbonyl (C=O) groups excluding carboxylic acids is 1. The number of ether oxygens (including phenoxy) is 1. The maximum atomic E-state index is 12.0. The number of aromatic amines is 1. The van der Waals surface area contributed by atoms with Crippen molar-refractivity contribution < 1.29 is 22.7 Å². The van der Waals surface area contributed by atoms with Gasteiger partial charge in [0, 0.05) is 11.9 Å². The Bertz CT molecular complexity index is 582. The Morgan fingerprint density at radius 1 is 1.29 bits per heavy atom. The normalized spacial score (nSPS) is 11.0. The van der Waals surface area contributed by atoms with E-state index >= 15 is 0 Å². The molecule has 2 rings (SSSR count). The molecule has 1 aromatic heterocycles. The summed E-state index contributed by atoms with van der Waals surface area (Å²) in [6, 6.07) is 4.33. The molecule has 0 aliphatic rings. The second-order valence-corrected chi connectivity index (χ2v) is 3.96. The highest BCUT2D eigenvalue weighted by molar-refractivity contribution is 5.89. The van der Waals surface area contributed by atoms with Crippen LogP contribution in [0.25, 0.3) is 0 Å². The second kappa shape index (κ2) is 6.16. The molecule has 0 bridgehead atoms. The van der Waals surface area contributed by atoms with E-state index in [4.69, 9.17) is 0 Å². The van der Waals surface area contributed by atoms with Gasteiger partial charge in [0.05, 0.1) is 18.6 Å². The van der Waals surface area contributed by atoms with Gasteiger partial charge in [-0.3, -0.25) is 0 Å². The van der Waals surface area contributed by atoms with E-state index in [0.717, 1.165) is 17.8 Å². The summed E-state index contributed by atoms with van der Waals surface area (Å²) < 4.78 is 39.6. The van der Waals surface area contributed by atoms with E-state index in [0.29, 0.717) is 5.69 Å². The third kappa shape index (κ3) is 5.05. The van der Waals surface area contributed by atoms with Gasteiger partial charge in [0.25, 0.3) is 0 Å². The van der Waals surface area contributed by atoms with Crippen molar-refractivity contribution in [3.8, 4) is 5.75 Å². The summed E-state index contributed by atoms with van der Waals surface area (Å²) >= 11 is 0. The highest BCUT2D eigenvalue weighted by atomic mass is 19.4. The van der Waals surface area contributed by atoms with Gasteiger partial charge in [-0.2, -0.15) is 0 Å². The molecule has 0 radical (unpaired) electrons. The van der Waals surface area contributed by atoms with E-state index in [1.807, 2.05) is 0 Å². The van der Waals surface area contributed by atoms with Crippen molar-refractivity contribution in [1.82, 2.24) is 15.3 Å². The topological polar surface area (TPSA) is 79.0 Å². The van der Waals surface area contributed by atoms with Crippen LogP contribution in [0.15, 0.2) is 36.8 Å². The zero-order chi connectivity index (χ0) is 15.3. The van der Waals surface area contributed by atoms with E-state index in [1.54, 1.807) is 6.20 Å². The number of H-pyrrole nitrogens is 1. The van der Waals surface area contributed by atoms with Gasteiger partial charge in [0.1, 0.15) is 5.75 Å². The molecule has 9 heteroatoms. The number of aromatic nitrogens is 2. The molecule has 0 aliphatic heterocycles. The van der Waals surface area contributed by atoms with Crippen molar-refractivity contribution in [2.45, 2.75) is 12.9 Å². The summed E-state index contributed by atoms with van der Waals surface area (Å²) in [5.74, 6) is -0.356. The molecule has 0 saturated carbocycles. The average Bonchev–Trinajstić information content (AvgIpc) is 2.90. The number of nitrogens with zero attached hydrogens (tertiary/aromatic N) is 1. The molecule has 21 heavy (non-hydrogen) atoms. The van der Waals surface area contributed by atoms with Crippen LogP contribution in [0.2, 0.25) is 0 Å². The largest absolute Gasteiger partial charge is 0.573 e. The molecule has 0 atom stereocenters. The zero-order valence-electron chi connectivity index (χ0n) is 10.6. The fourth-order valence-electron chi connectivity index (χ4n) is 1.47. The fourth-order valence-corrected chi connectivity index (χ4v) is 1.47. The van der Waals surface area contributed by atoms with Gasteiger partial charge < -0.3 is 20.4 Å². The number of urea groups is 1. The quantitative estimate of drug-likeness (QED) is 0.812. The van der Waals surface area contributed by atoms with Crippen molar-refractivity contribution in [2.75, 3.05) is 5.32 Å². The van der Waals surface area contributed by atoms with Crippen LogP contribution < -0.4 is 15.4 Å². The maximum absolute atomic E-state index is 12.0. The van der Waals surface area contributed by atoms with Crippen LogP contribution in [-0.2, 0) is 6.54 Å². The number of imidazole rings is 1. The SMILES string of the molecule is O=C(NCc1cnc[nH]1)Nc1ccc(OC(F)(F)F)cc1. The van der Waals surface area contributed by atoms with Gasteiger partial charge in [-0.1, -0.05) is 0 Å². The standard InChI is InChI=1S/C12H11F3N4O2/c13-12(14,15)21-10-3-1-8(2-4-10)19-11(20)17-6-9-5-16-7-18-9/h1-5,7H,6H2,(H,16,18)(H2,17,19,20). The van der Waals surface area contributed by atoms with E-state index in [9.17, 15) is 18.0 Å². The summed E-state index contributed by atoms with van der Waals surface area (Å²) in [6.45, 7) is 0.251. The molecule has 0 aliphatic carbocycles. The minimum atomic E-state index is -4.74. The number of rotatable bonds is 4. The Morgan fingerprint density at radius 2 is 2.00 bits per heavy atom. The summed E-state index contributed by atoms with van der Waals surface area (Å²) in [5.41, 5.74) is 1.06. The van der Waals surface area contributed by atoms with Crippen molar-refractivity contribution in [1.29, 1.82) is 0 Å². The number of halogens is 3. The lowest BCUT2D eigenvalue weighted by molar-refractivity contribution is -0.274. The minimum Gasteiger partial charge on any atom is -0.406 e. The predicted octanol–water partition coefficient (Wildman–Crippen LogP) is 2.63. The molecule has 0 fully saturated rings. The monoisotopic (exact) mass is 300 g/mol. The lowest BCUT2D eigenvalue weighted by Crippen LogP contribution is -2.28. The van der Waals surface area contributed by atoms with Crippen LogP contribution in [0.3, 0.4) is 0 Å². The first-order valence-corrected chi connectivity index (χ1v) is 5.80. The summed E-state index contributed by atoms with van der Waals surface area (Å²) in [6.07, 6.45) is -1.70. The third-order valence-corrected chi connectivity index (χ3v) is 2.34. The molecular formula is C12H11F3N4O2. The molecule has 2 aromatic rings. The first-order chi connectivity index (χ1) is 9.92. The molecule has 112 valence electrons. The van der Waals surface area contributed by atoms with E-state index in [-0.39, 0.29) is 12.3 Å². The van der Waals surface area contributed by atoms with E-state index < -0.39 is 12.4 Å². The predicted molar refractivity (Wildman–Crippen MR) is 67.6 cm³/mol. The summed E-state index contributed by atoms with van der Waals surface area (Å²) in [5, 5.41) is 5.03. The molecule has 1 heterocycles. The van der Waals surface area contributed by atoms with E-state index in [2.05, 4.69) is 25.3 Å². The number of hydrogen-bond donors (Lipinski definition) is 3. The number of anilines is 1. The van der Waals surface area contributed by atoms with Gasteiger partial charge in [0.2, 0.25) is 0 Å². The molecule has 3 N–H and O–H groups in total. The lowest BCUT2D eigenvalue weighted by atomic mass is 10.3. The Kier molecular flexibility index (Phi) is 4.31. The summed E-state index contributed by atoms with van der Waals surface area (Å²) in [4.78, 5) is 18.2. The average molecular weight is 300 g/mol. The molecular weight excluding hydrogens is 289 g/mol. The number of carbonyl (C=O) groups is 1. The highest BCUT2D eigenvalue weighted by Crippen LogP contribution is 2.23. The number of alkyl halides is 3. The van der Waals surface area contributed by atoms with Crippen molar-refractivity contribution in [2.24, 2.45) is 0 Å². The Hall–Kier alpha value is -2.71. The van der Waals surface area contributed by atoms with Crippen molar-refractivity contribution in [3.05, 3.63) is 42.5 Å². The van der Waals surface area contributed by atoms with Gasteiger partial charge in [-0.15, -0.1) is 13.2 Å². The molecule has 1 aromatic carbocycles. The van der Waals surface area contributed by atoms with Gasteiger partial charge in [-0.05, 0) is 24.3 Å². The van der Waals surface area contributed by atoms with Gasteiger partial charge in [-0.25, -0.2) is 9.78 Å². The number of benzene rings is 1. The third-order valence-electron chi connectivity index (χ3n) is 2.34. The van der Waals surface area contributed by atoms with Crippen LogP contribution in [0.5, 0.6) is 5.75 Å². The Morgan fingerprint density at radius 3 is 2.57 bits per heavy atom. The first kappa shape index (κ1) is 14.7. The maximum Gasteiger partial charge on any atom is 0.573 e. The zero-order valence-corrected chi connectivity index (χ0v) is 10.6. The molecule has 6 nitrogen and oxygen atoms in total. The van der Waals surface area contributed by atoms with Crippen molar-refractivity contribution in [3.63, 3.8) is 0 Å². The molecule has 0 spiro atoms. The number of amides is 2. The minimum absolute atomic E-state index is 0.251. The van der Waals surface area contributed by atoms with Crippen LogP contribution >= 0.6 is 0 Å². The van der Waals surface area contributed by atoms with Crippen LogP contribution in [0.4, 0.5) is 23.7 Å².